The standard InChI is InChI=1S/C19H23FN2O3S/c1-14-17(7-4-8-18(14)22(2)26(3,24)25)19(23)21-13-5-6-15-9-11-16(20)12-10-15/h4,7-12H,5-6,13H2,1-3H3,(H,21,23). The topological polar surface area (TPSA) is 66.5 Å². The Morgan fingerprint density at radius 2 is 1.81 bits per heavy atom. The largest absolute Gasteiger partial charge is 0.352 e. The molecule has 0 aliphatic heterocycles. The molecule has 0 bridgehead atoms. The number of benzene rings is 2. The van der Waals surface area contributed by atoms with E-state index in [1.165, 1.54) is 19.2 Å². The van der Waals surface area contributed by atoms with E-state index in [9.17, 15) is 17.6 Å². The molecule has 5 nitrogen and oxygen atoms in total. The molecule has 0 fully saturated rings. The molecule has 0 radical (unpaired) electrons. The molecule has 0 saturated carbocycles. The van der Waals surface area contributed by atoms with Crippen molar-refractivity contribution in [1.29, 1.82) is 0 Å². The average molecular weight is 378 g/mol. The van der Waals surface area contributed by atoms with E-state index in [-0.39, 0.29) is 11.7 Å². The molecule has 0 saturated heterocycles. The zero-order valence-electron chi connectivity index (χ0n) is 15.1. The van der Waals surface area contributed by atoms with Crippen LogP contribution in [0.1, 0.15) is 27.9 Å². The summed E-state index contributed by atoms with van der Waals surface area (Å²) in [5, 5.41) is 2.85. The lowest BCUT2D eigenvalue weighted by molar-refractivity contribution is 0.0952. The third-order valence-corrected chi connectivity index (χ3v) is 5.42. The lowest BCUT2D eigenvalue weighted by Crippen LogP contribution is -2.28. The Morgan fingerprint density at radius 3 is 2.42 bits per heavy atom. The number of nitrogens with one attached hydrogen (secondary N) is 1. The van der Waals surface area contributed by atoms with Crippen LogP contribution in [0.2, 0.25) is 0 Å². The molecule has 1 N–H and O–H groups in total. The highest BCUT2D eigenvalue weighted by atomic mass is 32.2. The first-order chi connectivity index (χ1) is 12.2. The van der Waals surface area contributed by atoms with Crippen LogP contribution < -0.4 is 9.62 Å². The number of carbonyl (C=O) groups is 1. The molecule has 1 amide bonds. The first-order valence-electron chi connectivity index (χ1n) is 8.26. The van der Waals surface area contributed by atoms with Crippen molar-refractivity contribution in [3.05, 3.63) is 65.0 Å². The van der Waals surface area contributed by atoms with Gasteiger partial charge >= 0.3 is 0 Å². The minimum absolute atomic E-state index is 0.245. The molecule has 0 unspecified atom stereocenters. The minimum Gasteiger partial charge on any atom is -0.352 e. The maximum absolute atomic E-state index is 12.9. The summed E-state index contributed by atoms with van der Waals surface area (Å²) >= 11 is 0. The van der Waals surface area contributed by atoms with Gasteiger partial charge in [-0.15, -0.1) is 0 Å². The SMILES string of the molecule is Cc1c(C(=O)NCCCc2ccc(F)cc2)cccc1N(C)S(C)(=O)=O. The summed E-state index contributed by atoms with van der Waals surface area (Å²) < 4.78 is 37.5. The van der Waals surface area contributed by atoms with Gasteiger partial charge in [0.1, 0.15) is 5.82 Å². The number of nitrogens with zero attached hydrogens (tertiary/aromatic N) is 1. The summed E-state index contributed by atoms with van der Waals surface area (Å²) in [6.07, 6.45) is 2.57. The van der Waals surface area contributed by atoms with Gasteiger partial charge in [-0.05, 0) is 55.2 Å². The van der Waals surface area contributed by atoms with E-state index < -0.39 is 10.0 Å². The second-order valence-electron chi connectivity index (χ2n) is 6.17. The Morgan fingerprint density at radius 1 is 1.15 bits per heavy atom. The Balaban J connectivity index is 1.98. The lowest BCUT2D eigenvalue weighted by atomic mass is 10.1. The van der Waals surface area contributed by atoms with E-state index >= 15 is 0 Å². The van der Waals surface area contributed by atoms with E-state index in [0.717, 1.165) is 29.0 Å². The molecule has 0 aromatic heterocycles. The van der Waals surface area contributed by atoms with Crippen molar-refractivity contribution in [3.8, 4) is 0 Å². The molecule has 0 spiro atoms. The monoisotopic (exact) mass is 378 g/mol. The van der Waals surface area contributed by atoms with Crippen LogP contribution in [0.25, 0.3) is 0 Å². The smallest absolute Gasteiger partial charge is 0.251 e. The van der Waals surface area contributed by atoms with Crippen molar-refractivity contribution in [3.63, 3.8) is 0 Å². The van der Waals surface area contributed by atoms with Crippen LogP contribution in [0.3, 0.4) is 0 Å². The first-order valence-corrected chi connectivity index (χ1v) is 10.1. The number of carbonyl (C=O) groups excluding carboxylic acids is 1. The number of anilines is 1. The van der Waals surface area contributed by atoms with Gasteiger partial charge < -0.3 is 5.32 Å². The number of hydrogen-bond acceptors (Lipinski definition) is 3. The van der Waals surface area contributed by atoms with Crippen LogP contribution >= 0.6 is 0 Å². The summed E-state index contributed by atoms with van der Waals surface area (Å²) in [5.74, 6) is -0.512. The van der Waals surface area contributed by atoms with E-state index in [4.69, 9.17) is 0 Å². The first kappa shape index (κ1) is 19.9. The Kier molecular flexibility index (Phi) is 6.37. The number of rotatable bonds is 7. The predicted molar refractivity (Wildman–Crippen MR) is 101 cm³/mol. The zero-order valence-corrected chi connectivity index (χ0v) is 15.9. The van der Waals surface area contributed by atoms with Crippen molar-refractivity contribution in [2.45, 2.75) is 19.8 Å². The van der Waals surface area contributed by atoms with Gasteiger partial charge in [0.25, 0.3) is 5.91 Å². The fourth-order valence-electron chi connectivity index (χ4n) is 2.63. The van der Waals surface area contributed by atoms with Gasteiger partial charge in [-0.3, -0.25) is 9.10 Å². The van der Waals surface area contributed by atoms with E-state index in [0.29, 0.717) is 23.4 Å². The molecule has 2 rings (SSSR count). The maximum Gasteiger partial charge on any atom is 0.251 e. The number of halogens is 1. The molecule has 26 heavy (non-hydrogen) atoms. The van der Waals surface area contributed by atoms with Gasteiger partial charge in [0.15, 0.2) is 0 Å². The third kappa shape index (κ3) is 5.05. The highest BCUT2D eigenvalue weighted by Crippen LogP contribution is 2.24. The van der Waals surface area contributed by atoms with Crippen LogP contribution in [-0.2, 0) is 16.4 Å². The van der Waals surface area contributed by atoms with Crippen molar-refractivity contribution in [2.75, 3.05) is 24.2 Å². The third-order valence-electron chi connectivity index (χ3n) is 4.23. The molecule has 7 heteroatoms. The molecular weight excluding hydrogens is 355 g/mol. The fraction of sp³-hybridized carbons (Fsp3) is 0.316. The summed E-state index contributed by atoms with van der Waals surface area (Å²) in [7, 11) is -1.94. The van der Waals surface area contributed by atoms with Gasteiger partial charge in [-0.25, -0.2) is 12.8 Å². The van der Waals surface area contributed by atoms with Gasteiger partial charge in [0.2, 0.25) is 10.0 Å². The van der Waals surface area contributed by atoms with Crippen LogP contribution in [0.4, 0.5) is 10.1 Å². The van der Waals surface area contributed by atoms with Gasteiger partial charge in [-0.2, -0.15) is 0 Å². The number of hydrogen-bond donors (Lipinski definition) is 1. The summed E-state index contributed by atoms with van der Waals surface area (Å²) in [6, 6.07) is 11.3. The van der Waals surface area contributed by atoms with Crippen molar-refractivity contribution in [2.24, 2.45) is 0 Å². The second kappa shape index (κ2) is 8.31. The number of amides is 1. The van der Waals surface area contributed by atoms with Crippen LogP contribution in [0.5, 0.6) is 0 Å². The minimum atomic E-state index is -3.40. The van der Waals surface area contributed by atoms with Gasteiger partial charge in [0.05, 0.1) is 11.9 Å². The van der Waals surface area contributed by atoms with Gasteiger partial charge in [0, 0.05) is 19.2 Å². The van der Waals surface area contributed by atoms with E-state index in [1.807, 2.05) is 0 Å². The Hall–Kier alpha value is -2.41. The lowest BCUT2D eigenvalue weighted by Gasteiger charge is -2.20. The van der Waals surface area contributed by atoms with Crippen LogP contribution in [0.15, 0.2) is 42.5 Å². The normalized spacial score (nSPS) is 11.2. The average Bonchev–Trinajstić information content (AvgIpc) is 2.59. The van der Waals surface area contributed by atoms with E-state index in [1.54, 1.807) is 37.3 Å². The molecule has 0 heterocycles. The Bertz CT molecular complexity index is 880. The summed E-state index contributed by atoms with van der Waals surface area (Å²) in [5.41, 5.74) is 2.54. The molecular formula is C19H23FN2O3S. The molecule has 140 valence electrons. The Labute approximate surface area is 153 Å². The van der Waals surface area contributed by atoms with E-state index in [2.05, 4.69) is 5.32 Å². The highest BCUT2D eigenvalue weighted by molar-refractivity contribution is 7.92. The number of sulfonamides is 1. The molecule has 0 aliphatic rings. The molecule has 0 aliphatic carbocycles. The van der Waals surface area contributed by atoms with Gasteiger partial charge in [-0.1, -0.05) is 18.2 Å². The van der Waals surface area contributed by atoms with Crippen molar-refractivity contribution >= 4 is 21.6 Å². The second-order valence-corrected chi connectivity index (χ2v) is 8.18. The molecule has 2 aromatic carbocycles. The predicted octanol–water partition coefficient (Wildman–Crippen LogP) is 2.89. The van der Waals surface area contributed by atoms with Crippen LogP contribution in [0, 0.1) is 12.7 Å². The fourth-order valence-corrected chi connectivity index (χ4v) is 3.19. The quantitative estimate of drug-likeness (QED) is 0.754. The summed E-state index contributed by atoms with van der Waals surface area (Å²) in [4.78, 5) is 12.4. The van der Waals surface area contributed by atoms with Crippen molar-refractivity contribution < 1.29 is 17.6 Å². The number of aryl methyl sites for hydroxylation is 1. The van der Waals surface area contributed by atoms with Crippen molar-refractivity contribution in [1.82, 2.24) is 5.32 Å². The molecule has 0 atom stereocenters. The maximum atomic E-state index is 12.9. The van der Waals surface area contributed by atoms with Crippen LogP contribution in [-0.4, -0.2) is 34.2 Å². The molecule has 2 aromatic rings. The zero-order chi connectivity index (χ0) is 19.3. The highest BCUT2D eigenvalue weighted by Gasteiger charge is 2.18. The summed E-state index contributed by atoms with van der Waals surface area (Å²) in [6.45, 7) is 2.20.